The van der Waals surface area contributed by atoms with E-state index in [0.717, 1.165) is 25.9 Å². The minimum Gasteiger partial charge on any atom is -0.383 e. The quantitative estimate of drug-likeness (QED) is 0.558. The number of methoxy groups -OCH3 is 1. The number of nitrogens with one attached hydrogen (secondary N) is 2. The first-order valence-corrected chi connectivity index (χ1v) is 9.00. The van der Waals surface area contributed by atoms with E-state index >= 15 is 0 Å². The number of hydrogen-bond donors (Lipinski definition) is 2. The molecule has 1 aliphatic rings. The molecule has 21 heavy (non-hydrogen) atoms. The topological polar surface area (TPSA) is 73.9 Å². The molecular formula is C13H30N4O3S. The Morgan fingerprint density at radius 3 is 2.52 bits per heavy atom. The molecule has 8 heteroatoms. The molecule has 0 aromatic heterocycles. The summed E-state index contributed by atoms with van der Waals surface area (Å²) < 4.78 is 33.6. The highest BCUT2D eigenvalue weighted by Crippen LogP contribution is 2.18. The van der Waals surface area contributed by atoms with Crippen LogP contribution in [0.1, 0.15) is 12.8 Å². The third-order valence-electron chi connectivity index (χ3n) is 3.86. The summed E-state index contributed by atoms with van der Waals surface area (Å²) >= 11 is 0. The zero-order chi connectivity index (χ0) is 15.7. The Balaban J connectivity index is 2.27. The molecule has 0 bridgehead atoms. The molecule has 0 spiro atoms. The van der Waals surface area contributed by atoms with Crippen LogP contribution >= 0.6 is 0 Å². The Morgan fingerprint density at radius 2 is 1.95 bits per heavy atom. The van der Waals surface area contributed by atoms with Gasteiger partial charge in [-0.3, -0.25) is 0 Å². The normalized spacial score (nSPS) is 18.5. The monoisotopic (exact) mass is 322 g/mol. The van der Waals surface area contributed by atoms with Gasteiger partial charge >= 0.3 is 0 Å². The number of nitrogens with zero attached hydrogens (tertiary/aromatic N) is 2. The summed E-state index contributed by atoms with van der Waals surface area (Å²) in [6, 6.07) is 0. The zero-order valence-corrected chi connectivity index (χ0v) is 14.3. The largest absolute Gasteiger partial charge is 0.383 e. The minimum atomic E-state index is -3.33. The Labute approximate surface area is 129 Å². The maximum atomic E-state index is 12.2. The number of ether oxygens (including phenoxy) is 1. The van der Waals surface area contributed by atoms with Gasteiger partial charge in [-0.2, -0.15) is 12.7 Å². The molecule has 7 nitrogen and oxygen atoms in total. The van der Waals surface area contributed by atoms with Crippen LogP contribution in [0.25, 0.3) is 0 Å². The summed E-state index contributed by atoms with van der Waals surface area (Å²) in [5.74, 6) is 0.585. The molecule has 1 heterocycles. The van der Waals surface area contributed by atoms with Gasteiger partial charge in [-0.1, -0.05) is 0 Å². The van der Waals surface area contributed by atoms with Crippen LogP contribution < -0.4 is 10.0 Å². The van der Waals surface area contributed by atoms with Crippen LogP contribution in [0.5, 0.6) is 0 Å². The Kier molecular flexibility index (Phi) is 8.69. The van der Waals surface area contributed by atoms with Crippen molar-refractivity contribution in [2.75, 3.05) is 67.1 Å². The lowest BCUT2D eigenvalue weighted by atomic mass is 9.98. The molecule has 1 saturated heterocycles. The molecule has 0 atom stereocenters. The van der Waals surface area contributed by atoms with Crippen molar-refractivity contribution >= 4 is 10.2 Å². The maximum absolute atomic E-state index is 12.2. The lowest BCUT2D eigenvalue weighted by Gasteiger charge is -2.31. The van der Waals surface area contributed by atoms with Crippen molar-refractivity contribution in [3.05, 3.63) is 0 Å². The van der Waals surface area contributed by atoms with Gasteiger partial charge in [0.1, 0.15) is 0 Å². The molecule has 0 aliphatic carbocycles. The fourth-order valence-corrected chi connectivity index (χ4v) is 3.68. The summed E-state index contributed by atoms with van der Waals surface area (Å²) in [5.41, 5.74) is 0. The van der Waals surface area contributed by atoms with Gasteiger partial charge < -0.3 is 15.0 Å². The highest BCUT2D eigenvalue weighted by atomic mass is 32.2. The minimum absolute atomic E-state index is 0.430. The van der Waals surface area contributed by atoms with Gasteiger partial charge in [-0.15, -0.1) is 0 Å². The molecular weight excluding hydrogens is 292 g/mol. The summed E-state index contributed by atoms with van der Waals surface area (Å²) in [7, 11) is 2.22. The van der Waals surface area contributed by atoms with Crippen LogP contribution in [0.2, 0.25) is 0 Å². The lowest BCUT2D eigenvalue weighted by molar-refractivity contribution is 0.162. The van der Waals surface area contributed by atoms with E-state index in [1.165, 1.54) is 0 Å². The van der Waals surface area contributed by atoms with E-state index in [4.69, 9.17) is 4.74 Å². The van der Waals surface area contributed by atoms with Crippen LogP contribution in [0, 0.1) is 5.92 Å². The van der Waals surface area contributed by atoms with Crippen molar-refractivity contribution < 1.29 is 13.2 Å². The highest BCUT2D eigenvalue weighted by molar-refractivity contribution is 7.87. The lowest BCUT2D eigenvalue weighted by Crippen LogP contribution is -2.47. The van der Waals surface area contributed by atoms with Gasteiger partial charge in [-0.25, -0.2) is 4.72 Å². The first-order chi connectivity index (χ1) is 9.99. The van der Waals surface area contributed by atoms with Crippen molar-refractivity contribution in [3.63, 3.8) is 0 Å². The molecule has 1 aliphatic heterocycles. The van der Waals surface area contributed by atoms with E-state index in [1.54, 1.807) is 11.4 Å². The van der Waals surface area contributed by atoms with E-state index in [-0.39, 0.29) is 0 Å². The van der Waals surface area contributed by atoms with E-state index in [9.17, 15) is 8.42 Å². The molecule has 1 rings (SSSR count). The molecule has 0 saturated carbocycles. The second-order valence-electron chi connectivity index (χ2n) is 5.60. The van der Waals surface area contributed by atoms with E-state index in [2.05, 4.69) is 10.0 Å². The van der Waals surface area contributed by atoms with E-state index in [1.807, 2.05) is 19.0 Å². The third kappa shape index (κ3) is 7.03. The molecule has 0 aromatic carbocycles. The average Bonchev–Trinajstić information content (AvgIpc) is 2.46. The standard InChI is InChI=1S/C13H30N4O3S/c1-14-12-13-4-7-17(8-5-13)21(18,19)15-6-9-16(2)10-11-20-3/h13-15H,4-12H2,1-3H3. The summed E-state index contributed by atoms with van der Waals surface area (Å²) in [4.78, 5) is 2.05. The summed E-state index contributed by atoms with van der Waals surface area (Å²) in [6.45, 7) is 4.75. The van der Waals surface area contributed by atoms with Crippen molar-refractivity contribution in [3.8, 4) is 0 Å². The van der Waals surface area contributed by atoms with Gasteiger partial charge in [0.15, 0.2) is 0 Å². The second-order valence-corrected chi connectivity index (χ2v) is 7.35. The SMILES string of the molecule is CNCC1CCN(S(=O)(=O)NCCN(C)CCOC)CC1. The molecule has 126 valence electrons. The van der Waals surface area contributed by atoms with Crippen LogP contribution in [0.3, 0.4) is 0 Å². The first-order valence-electron chi connectivity index (χ1n) is 7.56. The van der Waals surface area contributed by atoms with Crippen molar-refractivity contribution in [1.82, 2.24) is 19.2 Å². The molecule has 2 N–H and O–H groups in total. The van der Waals surface area contributed by atoms with Gasteiger partial charge in [0.2, 0.25) is 0 Å². The smallest absolute Gasteiger partial charge is 0.279 e. The molecule has 0 amide bonds. The Morgan fingerprint density at radius 1 is 1.29 bits per heavy atom. The molecule has 0 radical (unpaired) electrons. The van der Waals surface area contributed by atoms with Gasteiger partial charge in [-0.05, 0) is 39.4 Å². The van der Waals surface area contributed by atoms with Gasteiger partial charge in [0.25, 0.3) is 10.2 Å². The highest BCUT2D eigenvalue weighted by Gasteiger charge is 2.27. The number of likely N-dealkylation sites (N-methyl/N-ethyl adjacent to an activating group) is 1. The fourth-order valence-electron chi connectivity index (χ4n) is 2.46. The molecule has 0 aromatic rings. The number of hydrogen-bond acceptors (Lipinski definition) is 5. The maximum Gasteiger partial charge on any atom is 0.279 e. The average molecular weight is 322 g/mol. The first kappa shape index (κ1) is 18.8. The summed E-state index contributed by atoms with van der Waals surface area (Å²) in [6.07, 6.45) is 1.85. The van der Waals surface area contributed by atoms with Gasteiger partial charge in [0.05, 0.1) is 6.61 Å². The predicted octanol–water partition coefficient (Wildman–Crippen LogP) is -0.670. The van der Waals surface area contributed by atoms with Crippen molar-refractivity contribution in [1.29, 1.82) is 0 Å². The second kappa shape index (κ2) is 9.70. The predicted molar refractivity (Wildman–Crippen MR) is 84.5 cm³/mol. The van der Waals surface area contributed by atoms with Crippen molar-refractivity contribution in [2.24, 2.45) is 5.92 Å². The summed E-state index contributed by atoms with van der Waals surface area (Å²) in [5, 5.41) is 3.16. The van der Waals surface area contributed by atoms with E-state index < -0.39 is 10.2 Å². The van der Waals surface area contributed by atoms with Crippen LogP contribution in [0.4, 0.5) is 0 Å². The van der Waals surface area contributed by atoms with Crippen LogP contribution in [0.15, 0.2) is 0 Å². The number of piperidine rings is 1. The third-order valence-corrected chi connectivity index (χ3v) is 5.48. The Bertz CT molecular complexity index is 370. The van der Waals surface area contributed by atoms with E-state index in [0.29, 0.717) is 38.7 Å². The number of rotatable bonds is 10. The van der Waals surface area contributed by atoms with Gasteiger partial charge in [0, 0.05) is 39.8 Å². The molecule has 1 fully saturated rings. The fraction of sp³-hybridized carbons (Fsp3) is 1.00. The van der Waals surface area contributed by atoms with Crippen LogP contribution in [-0.2, 0) is 14.9 Å². The zero-order valence-electron chi connectivity index (χ0n) is 13.5. The molecule has 0 unspecified atom stereocenters. The Hall–Kier alpha value is -0.250. The van der Waals surface area contributed by atoms with Crippen molar-refractivity contribution in [2.45, 2.75) is 12.8 Å². The van der Waals surface area contributed by atoms with Crippen LogP contribution in [-0.4, -0.2) is 84.7 Å².